The molecular weight excluding hydrogens is 288 g/mol. The molecule has 0 amide bonds. The summed E-state index contributed by atoms with van der Waals surface area (Å²) < 4.78 is 0. The molecule has 0 N–H and O–H groups in total. The molecule has 0 bridgehead atoms. The first-order valence-electron chi connectivity index (χ1n) is 9.04. The Hall–Kier alpha value is -2.34. The Morgan fingerprint density at radius 3 is 1.25 bits per heavy atom. The average Bonchev–Trinajstić information content (AvgIpc) is 2.59. The van der Waals surface area contributed by atoms with Gasteiger partial charge in [0.15, 0.2) is 0 Å². The van der Waals surface area contributed by atoms with Gasteiger partial charge in [0, 0.05) is 0 Å². The summed E-state index contributed by atoms with van der Waals surface area (Å²) in [4.78, 5) is 0. The fraction of sp³-hybridized carbons (Fsp3) is 0.250. The Kier molecular flexibility index (Phi) is 2.97. The number of hydrogen-bond acceptors (Lipinski definition) is 0. The molecule has 0 heteroatoms. The minimum absolute atomic E-state index is 1.17. The molecule has 0 atom stereocenters. The molecule has 0 saturated carbocycles. The topological polar surface area (TPSA) is 0 Å². The normalized spacial score (nSPS) is 14.4. The molecule has 0 aromatic heterocycles. The van der Waals surface area contributed by atoms with E-state index in [-0.39, 0.29) is 0 Å². The molecule has 24 heavy (non-hydrogen) atoms. The third-order valence-electron chi connectivity index (χ3n) is 5.76. The summed E-state index contributed by atoms with van der Waals surface area (Å²) in [6.45, 7) is 4.39. The van der Waals surface area contributed by atoms with E-state index in [4.69, 9.17) is 0 Å². The first kappa shape index (κ1) is 14.0. The van der Waals surface area contributed by atoms with Crippen molar-refractivity contribution in [3.05, 3.63) is 81.9 Å². The molecule has 0 spiro atoms. The monoisotopic (exact) mass is 310 g/mol. The van der Waals surface area contributed by atoms with E-state index in [1.807, 2.05) is 0 Å². The maximum absolute atomic E-state index is 2.49. The van der Waals surface area contributed by atoms with Gasteiger partial charge in [-0.05, 0) is 84.0 Å². The van der Waals surface area contributed by atoms with Gasteiger partial charge in [-0.2, -0.15) is 0 Å². The molecule has 0 nitrogen and oxygen atoms in total. The fourth-order valence-electron chi connectivity index (χ4n) is 4.53. The van der Waals surface area contributed by atoms with Crippen LogP contribution in [0.4, 0.5) is 0 Å². The molecule has 2 aliphatic rings. The van der Waals surface area contributed by atoms with Gasteiger partial charge in [0.05, 0.1) is 0 Å². The Bertz CT molecular complexity index is 894. The van der Waals surface area contributed by atoms with Gasteiger partial charge in [0.1, 0.15) is 0 Å². The van der Waals surface area contributed by atoms with Gasteiger partial charge < -0.3 is 0 Å². The third kappa shape index (κ3) is 2.06. The second-order valence-corrected chi connectivity index (χ2v) is 7.49. The van der Waals surface area contributed by atoms with Gasteiger partial charge in [-0.3, -0.25) is 0 Å². The predicted molar refractivity (Wildman–Crippen MR) is 102 cm³/mol. The van der Waals surface area contributed by atoms with E-state index in [9.17, 15) is 0 Å². The van der Waals surface area contributed by atoms with E-state index in [0.29, 0.717) is 0 Å². The average molecular weight is 310 g/mol. The van der Waals surface area contributed by atoms with Gasteiger partial charge in [0.25, 0.3) is 0 Å². The Balaban J connectivity index is 1.71. The second kappa shape index (κ2) is 5.08. The summed E-state index contributed by atoms with van der Waals surface area (Å²) in [5, 5.41) is 0. The van der Waals surface area contributed by atoms with Crippen LogP contribution < -0.4 is 0 Å². The quantitative estimate of drug-likeness (QED) is 0.489. The summed E-state index contributed by atoms with van der Waals surface area (Å²) in [6, 6.07) is 18.9. The molecule has 0 unspecified atom stereocenters. The number of fused-ring (bicyclic) bond motifs is 6. The number of benzene rings is 3. The number of hydrogen-bond donors (Lipinski definition) is 0. The zero-order chi connectivity index (χ0) is 16.3. The summed E-state index contributed by atoms with van der Waals surface area (Å²) >= 11 is 0. The van der Waals surface area contributed by atoms with Crippen LogP contribution in [0.15, 0.2) is 48.5 Å². The van der Waals surface area contributed by atoms with Crippen LogP contribution in [0, 0.1) is 13.8 Å². The van der Waals surface area contributed by atoms with Gasteiger partial charge in [0.2, 0.25) is 0 Å². The smallest absolute Gasteiger partial charge is 0.0146 e. The zero-order valence-electron chi connectivity index (χ0n) is 14.4. The van der Waals surface area contributed by atoms with Gasteiger partial charge >= 0.3 is 0 Å². The summed E-state index contributed by atoms with van der Waals surface area (Å²) in [5.74, 6) is 0. The van der Waals surface area contributed by atoms with Crippen molar-refractivity contribution in [3.63, 3.8) is 0 Å². The lowest BCUT2D eigenvalue weighted by molar-refractivity contribution is 0.914. The lowest BCUT2D eigenvalue weighted by Gasteiger charge is -2.26. The first-order chi connectivity index (χ1) is 11.7. The lowest BCUT2D eigenvalue weighted by Crippen LogP contribution is -2.09. The SMILES string of the molecule is Cc1ccc2c(c1)CCc1cc3c(cc1-2)CCc1cc(C)ccc1-3. The molecule has 3 aromatic carbocycles. The van der Waals surface area contributed by atoms with Gasteiger partial charge in [-0.15, -0.1) is 0 Å². The van der Waals surface area contributed by atoms with Crippen molar-refractivity contribution in [2.24, 2.45) is 0 Å². The van der Waals surface area contributed by atoms with Crippen molar-refractivity contribution in [1.82, 2.24) is 0 Å². The van der Waals surface area contributed by atoms with Crippen molar-refractivity contribution >= 4 is 0 Å². The molecule has 5 rings (SSSR count). The number of rotatable bonds is 0. The highest BCUT2D eigenvalue weighted by molar-refractivity contribution is 5.82. The van der Waals surface area contributed by atoms with Crippen LogP contribution in [-0.2, 0) is 25.7 Å². The Labute approximate surface area is 144 Å². The van der Waals surface area contributed by atoms with Crippen LogP contribution >= 0.6 is 0 Å². The van der Waals surface area contributed by atoms with Crippen molar-refractivity contribution in [1.29, 1.82) is 0 Å². The largest absolute Gasteiger partial charge is 0.0587 e. The summed E-state index contributed by atoms with van der Waals surface area (Å²) in [5.41, 5.74) is 14.7. The minimum atomic E-state index is 1.17. The standard InChI is InChI=1S/C24H22/c1-15-3-9-21-17(11-15)5-7-19-14-24-20(13-23(19)21)8-6-18-12-16(2)4-10-22(18)24/h3-4,9-14H,5-8H2,1-2H3. The first-order valence-corrected chi connectivity index (χ1v) is 9.04. The van der Waals surface area contributed by atoms with Gasteiger partial charge in [-0.25, -0.2) is 0 Å². The highest BCUT2D eigenvalue weighted by atomic mass is 14.3. The van der Waals surface area contributed by atoms with Crippen LogP contribution in [0.1, 0.15) is 33.4 Å². The van der Waals surface area contributed by atoms with Crippen molar-refractivity contribution in [2.45, 2.75) is 39.5 Å². The highest BCUT2D eigenvalue weighted by Gasteiger charge is 2.22. The van der Waals surface area contributed by atoms with E-state index in [1.165, 1.54) is 81.3 Å². The molecule has 0 fully saturated rings. The van der Waals surface area contributed by atoms with E-state index >= 15 is 0 Å². The molecular formula is C24H22. The molecule has 0 saturated heterocycles. The van der Waals surface area contributed by atoms with Crippen molar-refractivity contribution in [2.75, 3.05) is 0 Å². The van der Waals surface area contributed by atoms with Crippen LogP contribution in [-0.4, -0.2) is 0 Å². The van der Waals surface area contributed by atoms with Crippen molar-refractivity contribution in [3.8, 4) is 22.3 Å². The van der Waals surface area contributed by atoms with E-state index in [0.717, 1.165) is 0 Å². The Morgan fingerprint density at radius 2 is 0.833 bits per heavy atom. The van der Waals surface area contributed by atoms with Gasteiger partial charge in [-0.1, -0.05) is 59.7 Å². The van der Waals surface area contributed by atoms with E-state index in [1.54, 1.807) is 0 Å². The molecule has 0 aliphatic heterocycles. The predicted octanol–water partition coefficient (Wildman–Crippen LogP) is 5.83. The molecule has 0 radical (unpaired) electrons. The fourth-order valence-corrected chi connectivity index (χ4v) is 4.53. The van der Waals surface area contributed by atoms with Crippen LogP contribution in [0.25, 0.3) is 22.3 Å². The van der Waals surface area contributed by atoms with E-state index in [2.05, 4.69) is 62.4 Å². The molecule has 118 valence electrons. The lowest BCUT2D eigenvalue weighted by atomic mass is 9.78. The summed E-state index contributed by atoms with van der Waals surface area (Å²) in [6.07, 6.45) is 4.67. The molecule has 3 aromatic rings. The number of aryl methyl sites for hydroxylation is 6. The second-order valence-electron chi connectivity index (χ2n) is 7.49. The van der Waals surface area contributed by atoms with Crippen LogP contribution in [0.3, 0.4) is 0 Å². The highest BCUT2D eigenvalue weighted by Crippen LogP contribution is 2.41. The van der Waals surface area contributed by atoms with Crippen LogP contribution in [0.5, 0.6) is 0 Å². The van der Waals surface area contributed by atoms with E-state index < -0.39 is 0 Å². The van der Waals surface area contributed by atoms with Crippen molar-refractivity contribution < 1.29 is 0 Å². The third-order valence-corrected chi connectivity index (χ3v) is 5.76. The van der Waals surface area contributed by atoms with Crippen LogP contribution in [0.2, 0.25) is 0 Å². The maximum atomic E-state index is 2.49. The molecule has 0 heterocycles. The Morgan fingerprint density at radius 1 is 0.458 bits per heavy atom. The zero-order valence-corrected chi connectivity index (χ0v) is 14.4. The maximum Gasteiger partial charge on any atom is -0.0146 e. The molecule has 2 aliphatic carbocycles. The minimum Gasteiger partial charge on any atom is -0.0587 e. The summed E-state index contributed by atoms with van der Waals surface area (Å²) in [7, 11) is 0.